The van der Waals surface area contributed by atoms with Crippen LogP contribution in [0, 0.1) is 5.92 Å². The molecule has 0 spiro atoms. The number of esters is 1. The van der Waals surface area contributed by atoms with Gasteiger partial charge in [0.2, 0.25) is 0 Å². The van der Waals surface area contributed by atoms with Crippen LogP contribution >= 0.6 is 0 Å². The molecule has 0 aromatic heterocycles. The number of ether oxygens (including phenoxy) is 1. The molecule has 1 aliphatic carbocycles. The first-order valence-electron chi connectivity index (χ1n) is 7.50. The van der Waals surface area contributed by atoms with Crippen LogP contribution in [0.25, 0.3) is 0 Å². The standard InChI is InChI=1S/C19H20O3/c1-13(20)19(15-11-7-4-8-12-15)16(17(19)18(21)22-2)14-9-5-3-6-10-14/h3-13,16-17,20H,1-2H3/t13-,16+,17-,19-/m1/s1. The third kappa shape index (κ3) is 2.04. The number of hydrogen-bond acceptors (Lipinski definition) is 3. The fourth-order valence-electron chi connectivity index (χ4n) is 3.84. The van der Waals surface area contributed by atoms with E-state index in [-0.39, 0.29) is 17.8 Å². The molecule has 0 radical (unpaired) electrons. The maximum Gasteiger partial charge on any atom is 0.310 e. The van der Waals surface area contributed by atoms with Gasteiger partial charge in [-0.15, -0.1) is 0 Å². The second kappa shape index (κ2) is 5.58. The SMILES string of the molecule is COC(=O)[C@H]1[C@H](c2ccccc2)[C@]1(c1ccccc1)[C@@H](C)O. The Morgan fingerprint density at radius 1 is 1.09 bits per heavy atom. The molecule has 3 nitrogen and oxygen atoms in total. The van der Waals surface area contributed by atoms with Gasteiger partial charge in [0.1, 0.15) is 0 Å². The molecule has 114 valence electrons. The van der Waals surface area contributed by atoms with E-state index < -0.39 is 11.5 Å². The van der Waals surface area contributed by atoms with Gasteiger partial charge in [0, 0.05) is 11.3 Å². The second-order valence-electron chi connectivity index (χ2n) is 5.86. The lowest BCUT2D eigenvalue weighted by Crippen LogP contribution is -2.28. The maximum atomic E-state index is 12.3. The summed E-state index contributed by atoms with van der Waals surface area (Å²) in [5, 5.41) is 10.5. The summed E-state index contributed by atoms with van der Waals surface area (Å²) in [5.41, 5.74) is 1.42. The number of hydrogen-bond donors (Lipinski definition) is 1. The molecule has 22 heavy (non-hydrogen) atoms. The molecule has 0 unspecified atom stereocenters. The summed E-state index contributed by atoms with van der Waals surface area (Å²) in [6, 6.07) is 19.7. The van der Waals surface area contributed by atoms with Gasteiger partial charge < -0.3 is 9.84 Å². The average Bonchev–Trinajstić information content (AvgIpc) is 3.27. The summed E-state index contributed by atoms with van der Waals surface area (Å²) in [4.78, 5) is 12.3. The van der Waals surface area contributed by atoms with Crippen molar-refractivity contribution in [3.05, 3.63) is 71.8 Å². The Morgan fingerprint density at radius 3 is 2.14 bits per heavy atom. The van der Waals surface area contributed by atoms with Gasteiger partial charge in [-0.05, 0) is 18.1 Å². The van der Waals surface area contributed by atoms with E-state index in [9.17, 15) is 9.90 Å². The number of aliphatic hydroxyl groups is 1. The van der Waals surface area contributed by atoms with Gasteiger partial charge in [-0.2, -0.15) is 0 Å². The van der Waals surface area contributed by atoms with Crippen molar-refractivity contribution in [3.63, 3.8) is 0 Å². The molecule has 1 aliphatic rings. The number of carbonyl (C=O) groups is 1. The predicted molar refractivity (Wildman–Crippen MR) is 84.5 cm³/mol. The highest BCUT2D eigenvalue weighted by atomic mass is 16.5. The van der Waals surface area contributed by atoms with Crippen LogP contribution in [0.2, 0.25) is 0 Å². The first kappa shape index (κ1) is 14.8. The van der Waals surface area contributed by atoms with Crippen LogP contribution in [-0.4, -0.2) is 24.3 Å². The molecule has 1 saturated carbocycles. The zero-order valence-corrected chi connectivity index (χ0v) is 12.8. The van der Waals surface area contributed by atoms with Crippen LogP contribution in [0.3, 0.4) is 0 Å². The van der Waals surface area contributed by atoms with Gasteiger partial charge in [-0.3, -0.25) is 4.79 Å². The zero-order chi connectivity index (χ0) is 15.7. The normalized spacial score (nSPS) is 28.0. The van der Waals surface area contributed by atoms with Crippen molar-refractivity contribution >= 4 is 5.97 Å². The maximum absolute atomic E-state index is 12.3. The Labute approximate surface area is 130 Å². The van der Waals surface area contributed by atoms with E-state index in [1.54, 1.807) is 6.92 Å². The highest BCUT2D eigenvalue weighted by Gasteiger charge is 2.72. The predicted octanol–water partition coefficient (Wildman–Crippen LogP) is 2.89. The molecular weight excluding hydrogens is 276 g/mol. The Morgan fingerprint density at radius 2 is 1.64 bits per heavy atom. The minimum atomic E-state index is -0.649. The topological polar surface area (TPSA) is 46.5 Å². The first-order valence-corrected chi connectivity index (χ1v) is 7.50. The largest absolute Gasteiger partial charge is 0.469 e. The Bertz CT molecular complexity index is 651. The van der Waals surface area contributed by atoms with E-state index in [1.807, 2.05) is 60.7 Å². The van der Waals surface area contributed by atoms with Crippen molar-refractivity contribution < 1.29 is 14.6 Å². The van der Waals surface area contributed by atoms with Gasteiger partial charge in [0.05, 0.1) is 19.1 Å². The van der Waals surface area contributed by atoms with E-state index in [2.05, 4.69) is 0 Å². The third-order valence-corrected chi connectivity index (χ3v) is 4.83. The smallest absolute Gasteiger partial charge is 0.310 e. The Balaban J connectivity index is 2.13. The molecule has 0 heterocycles. The summed E-state index contributed by atoms with van der Waals surface area (Å²) in [6.45, 7) is 1.76. The van der Waals surface area contributed by atoms with Crippen molar-refractivity contribution in [3.8, 4) is 0 Å². The fraction of sp³-hybridized carbons (Fsp3) is 0.316. The molecule has 0 aliphatic heterocycles. The molecule has 1 N–H and O–H groups in total. The van der Waals surface area contributed by atoms with Crippen molar-refractivity contribution in [1.29, 1.82) is 0 Å². The number of rotatable bonds is 4. The third-order valence-electron chi connectivity index (χ3n) is 4.83. The van der Waals surface area contributed by atoms with E-state index in [0.717, 1.165) is 11.1 Å². The van der Waals surface area contributed by atoms with Gasteiger partial charge in [-0.1, -0.05) is 60.7 Å². The molecule has 2 aromatic carbocycles. The van der Waals surface area contributed by atoms with Crippen LogP contribution in [0.15, 0.2) is 60.7 Å². The summed E-state index contributed by atoms with van der Waals surface area (Å²) >= 11 is 0. The van der Waals surface area contributed by atoms with Crippen molar-refractivity contribution in [2.45, 2.75) is 24.4 Å². The Kier molecular flexibility index (Phi) is 3.75. The lowest BCUT2D eigenvalue weighted by molar-refractivity contribution is -0.143. The molecule has 0 bridgehead atoms. The van der Waals surface area contributed by atoms with Crippen LogP contribution in [0.5, 0.6) is 0 Å². The fourth-order valence-corrected chi connectivity index (χ4v) is 3.84. The molecule has 3 heteroatoms. The van der Waals surface area contributed by atoms with E-state index in [0.29, 0.717) is 0 Å². The summed E-state index contributed by atoms with van der Waals surface area (Å²) < 4.78 is 5.00. The van der Waals surface area contributed by atoms with Crippen molar-refractivity contribution in [2.24, 2.45) is 5.92 Å². The highest BCUT2D eigenvalue weighted by Crippen LogP contribution is 2.67. The summed E-state index contributed by atoms with van der Waals surface area (Å²) in [7, 11) is 1.40. The van der Waals surface area contributed by atoms with Gasteiger partial charge in [-0.25, -0.2) is 0 Å². The van der Waals surface area contributed by atoms with E-state index in [4.69, 9.17) is 4.74 Å². The lowest BCUT2D eigenvalue weighted by Gasteiger charge is -2.22. The van der Waals surface area contributed by atoms with Gasteiger partial charge in [0.15, 0.2) is 0 Å². The Hall–Kier alpha value is -2.13. The van der Waals surface area contributed by atoms with E-state index >= 15 is 0 Å². The molecule has 0 saturated heterocycles. The summed E-state index contributed by atoms with van der Waals surface area (Å²) in [5.74, 6) is -0.690. The van der Waals surface area contributed by atoms with Crippen LogP contribution < -0.4 is 0 Å². The van der Waals surface area contributed by atoms with Crippen LogP contribution in [0.4, 0.5) is 0 Å². The average molecular weight is 296 g/mol. The number of carbonyl (C=O) groups excluding carboxylic acids is 1. The summed E-state index contributed by atoms with van der Waals surface area (Å²) in [6.07, 6.45) is -0.649. The molecule has 3 rings (SSSR count). The first-order chi connectivity index (χ1) is 10.6. The van der Waals surface area contributed by atoms with Crippen molar-refractivity contribution in [2.75, 3.05) is 7.11 Å². The van der Waals surface area contributed by atoms with Crippen LogP contribution in [0.1, 0.15) is 24.0 Å². The highest BCUT2D eigenvalue weighted by molar-refractivity contribution is 5.83. The molecule has 0 amide bonds. The minimum Gasteiger partial charge on any atom is -0.469 e. The quantitative estimate of drug-likeness (QED) is 0.883. The number of methoxy groups -OCH3 is 1. The lowest BCUT2D eigenvalue weighted by atomic mass is 9.85. The van der Waals surface area contributed by atoms with Crippen molar-refractivity contribution in [1.82, 2.24) is 0 Å². The zero-order valence-electron chi connectivity index (χ0n) is 12.8. The van der Waals surface area contributed by atoms with Gasteiger partial charge >= 0.3 is 5.97 Å². The molecular formula is C19H20O3. The number of benzene rings is 2. The molecule has 1 fully saturated rings. The van der Waals surface area contributed by atoms with Crippen LogP contribution in [-0.2, 0) is 14.9 Å². The number of aliphatic hydroxyl groups excluding tert-OH is 1. The van der Waals surface area contributed by atoms with Gasteiger partial charge in [0.25, 0.3) is 0 Å². The van der Waals surface area contributed by atoms with E-state index in [1.165, 1.54) is 7.11 Å². The molecule has 4 atom stereocenters. The molecule has 2 aromatic rings. The monoisotopic (exact) mass is 296 g/mol. The second-order valence-corrected chi connectivity index (χ2v) is 5.86. The minimum absolute atomic E-state index is 0.0662.